The lowest BCUT2D eigenvalue weighted by Gasteiger charge is -2.27. The third kappa shape index (κ3) is 23.1. The summed E-state index contributed by atoms with van der Waals surface area (Å²) in [5.74, 6) is -1.56. The number of Topliss-reactive ketones (excluding diaryl/α,β-unsaturated/α-hetero) is 1. The molecule has 22 nitrogen and oxygen atoms in total. The quantitative estimate of drug-likeness (QED) is 0.0136. The van der Waals surface area contributed by atoms with E-state index in [4.69, 9.17) is 53.2 Å². The molecule has 2 saturated carbocycles. The van der Waals surface area contributed by atoms with E-state index < -0.39 is 0 Å². The highest BCUT2D eigenvalue weighted by molar-refractivity contribution is 7.20. The van der Waals surface area contributed by atoms with Crippen molar-refractivity contribution < 1.29 is 57.4 Å². The molecule has 3 fully saturated rings. The molecule has 1 saturated heterocycles. The predicted molar refractivity (Wildman–Crippen MR) is 372 cm³/mol. The molecule has 3 heterocycles. The van der Waals surface area contributed by atoms with Gasteiger partial charge in [0.15, 0.2) is 0 Å². The van der Waals surface area contributed by atoms with Gasteiger partial charge in [0.25, 0.3) is 0 Å². The molecule has 0 bridgehead atoms. The van der Waals surface area contributed by atoms with Gasteiger partial charge in [-0.2, -0.15) is 25.7 Å². The number of fused-ring (bicyclic) bond motifs is 1. The van der Waals surface area contributed by atoms with Crippen LogP contribution in [0.1, 0.15) is 96.5 Å². The van der Waals surface area contributed by atoms with Crippen molar-refractivity contribution >= 4 is 95.5 Å². The van der Waals surface area contributed by atoms with Gasteiger partial charge in [-0.15, -0.1) is 22.7 Å². The van der Waals surface area contributed by atoms with Crippen LogP contribution in [0.25, 0.3) is 14.5 Å². The monoisotopic (exact) mass is 1360 g/mol. The number of hydrogen-bond donors (Lipinski definition) is 1. The number of nitrogens with zero attached hydrogens (tertiary/aromatic N) is 10. The number of aryl methyl sites for hydroxylation is 2. The summed E-state index contributed by atoms with van der Waals surface area (Å²) in [5, 5.41) is 37.0. The van der Waals surface area contributed by atoms with Gasteiger partial charge in [0.05, 0.1) is 126 Å². The van der Waals surface area contributed by atoms with E-state index >= 15 is 0 Å². The fraction of sp³-hybridized carbons (Fsp3) is 0.452. The fourth-order valence-corrected chi connectivity index (χ4v) is 13.0. The molecule has 24 heteroatoms. The number of aliphatic hydroxyl groups is 1. The summed E-state index contributed by atoms with van der Waals surface area (Å²) in [7, 11) is 0. The summed E-state index contributed by atoms with van der Waals surface area (Å²) < 4.78 is 38.0. The molecule has 1 aliphatic heterocycles. The molecule has 0 amide bonds. The van der Waals surface area contributed by atoms with Crippen LogP contribution in [-0.4, -0.2) is 121 Å². The number of nitriles is 1. The number of carbonyl (C=O) groups is 4. The maximum Gasteiger partial charge on any atom is 0.317 e. The smallest absolute Gasteiger partial charge is 0.317 e. The highest BCUT2D eigenvalue weighted by Crippen LogP contribution is 2.48. The van der Waals surface area contributed by atoms with Gasteiger partial charge in [0.1, 0.15) is 28.5 Å². The number of rotatable bonds is 32. The van der Waals surface area contributed by atoms with Crippen molar-refractivity contribution in [2.24, 2.45) is 44.1 Å². The van der Waals surface area contributed by atoms with Gasteiger partial charge in [0, 0.05) is 43.5 Å². The van der Waals surface area contributed by atoms with Crippen molar-refractivity contribution in [2.45, 2.75) is 99.1 Å². The Kier molecular flexibility index (Phi) is 31.6. The van der Waals surface area contributed by atoms with Crippen molar-refractivity contribution in [3.05, 3.63) is 170 Å². The Morgan fingerprint density at radius 2 is 1.02 bits per heavy atom. The molecule has 3 aliphatic rings. The topological polar surface area (TPSA) is 246 Å². The minimum Gasteiger partial charge on any atom is -0.463 e. The fourth-order valence-electron chi connectivity index (χ4n) is 11.3. The van der Waals surface area contributed by atoms with Crippen molar-refractivity contribution in [3.8, 4) is 6.07 Å². The molecule has 6 aromatic rings. The van der Waals surface area contributed by atoms with Gasteiger partial charge in [-0.3, -0.25) is 19.2 Å². The summed E-state index contributed by atoms with van der Waals surface area (Å²) >= 11 is 2.37. The van der Waals surface area contributed by atoms with E-state index in [1.807, 2.05) is 74.5 Å². The van der Waals surface area contributed by atoms with Crippen molar-refractivity contribution in [3.63, 3.8) is 0 Å². The first-order chi connectivity index (χ1) is 47.2. The third-order valence-corrected chi connectivity index (χ3v) is 18.7. The Balaban J connectivity index is 0.000000252. The van der Waals surface area contributed by atoms with Gasteiger partial charge in [0.2, 0.25) is 16.4 Å². The highest BCUT2D eigenvalue weighted by atomic mass is 32.1. The zero-order chi connectivity index (χ0) is 69.3. The molecule has 9 rings (SSSR count). The summed E-state index contributed by atoms with van der Waals surface area (Å²) in [6.07, 6.45) is 7.21. The highest BCUT2D eigenvalue weighted by Gasteiger charge is 2.45. The van der Waals surface area contributed by atoms with E-state index in [0.717, 1.165) is 74.0 Å². The molecular weight excluding hydrogens is 1270 g/mol. The van der Waals surface area contributed by atoms with Crippen molar-refractivity contribution in [1.29, 1.82) is 5.26 Å². The zero-order valence-electron chi connectivity index (χ0n) is 55.7. The van der Waals surface area contributed by atoms with Gasteiger partial charge in [-0.05, 0) is 123 Å². The number of anilines is 2. The van der Waals surface area contributed by atoms with Crippen LogP contribution in [0, 0.1) is 82.4 Å². The van der Waals surface area contributed by atoms with E-state index in [2.05, 4.69) is 92.0 Å². The largest absolute Gasteiger partial charge is 0.463 e. The average molecular weight is 1360 g/mol. The SMILES string of the molecule is O=C1OC(=O)C2CCCCC12.[C-]#[N+]c1c(N=Nc2ccc(N(CCOCCOCCOCCOCCOC(=O)C3CCCCC3C(C)=O)Cc3ccccc3)cc2C)sc(C#N)c1C.[C-]#[N+]c1sc(N=Nc2ccc(N(CCOCCO)Cc3ccccc3)cc2C)c([N+]#[C-])c1C. The number of carbonyl (C=O) groups excluding carboxylic acids is 4. The molecule has 4 atom stereocenters. The molecule has 0 radical (unpaired) electrons. The number of esters is 3. The number of aliphatic hydroxyl groups excluding tert-OH is 1. The van der Waals surface area contributed by atoms with Crippen LogP contribution >= 0.6 is 22.7 Å². The number of azo groups is 2. The van der Waals surface area contributed by atoms with E-state index in [1.165, 1.54) is 33.8 Å². The minimum absolute atomic E-state index is 0.00779. The predicted octanol–water partition coefficient (Wildman–Crippen LogP) is 16.0. The first-order valence-corrected chi connectivity index (χ1v) is 34.2. The summed E-state index contributed by atoms with van der Waals surface area (Å²) in [6.45, 7) is 38.3. The Labute approximate surface area is 576 Å². The first-order valence-electron chi connectivity index (χ1n) is 32.5. The molecule has 510 valence electrons. The normalized spacial score (nSPS) is 16.4. The van der Waals surface area contributed by atoms with E-state index in [0.29, 0.717) is 139 Å². The Morgan fingerprint density at radius 3 is 1.47 bits per heavy atom. The maximum absolute atomic E-state index is 12.4. The van der Waals surface area contributed by atoms with Gasteiger partial charge in [-0.25, -0.2) is 14.5 Å². The second-order valence-corrected chi connectivity index (χ2v) is 25.3. The average Bonchev–Trinajstić information content (AvgIpc) is 1.73. The molecule has 4 aromatic carbocycles. The third-order valence-electron chi connectivity index (χ3n) is 16.6. The molecule has 2 aromatic heterocycles. The number of thiophene rings is 2. The molecule has 97 heavy (non-hydrogen) atoms. The van der Waals surface area contributed by atoms with Crippen LogP contribution in [0.4, 0.5) is 49.1 Å². The number of hydrogen-bond acceptors (Lipinski definition) is 21. The molecule has 2 aliphatic carbocycles. The number of cyclic esters (lactones) is 2. The Hall–Kier alpha value is -8.92. The lowest BCUT2D eigenvalue weighted by atomic mass is 9.77. The van der Waals surface area contributed by atoms with Crippen LogP contribution in [0.2, 0.25) is 0 Å². The summed E-state index contributed by atoms with van der Waals surface area (Å²) in [6, 6.07) is 34.6. The summed E-state index contributed by atoms with van der Waals surface area (Å²) in [4.78, 5) is 61.7. The van der Waals surface area contributed by atoms with E-state index in [9.17, 15) is 24.4 Å². The number of benzene rings is 4. The number of ketones is 1. The zero-order valence-corrected chi connectivity index (χ0v) is 57.4. The van der Waals surface area contributed by atoms with Crippen LogP contribution < -0.4 is 9.80 Å². The lowest BCUT2D eigenvalue weighted by molar-refractivity contribution is -0.156. The molecular formula is C73H84N10O12S2. The van der Waals surface area contributed by atoms with E-state index in [-0.39, 0.29) is 67.2 Å². The van der Waals surface area contributed by atoms with Gasteiger partial charge < -0.3 is 48.1 Å². The van der Waals surface area contributed by atoms with Gasteiger partial charge >= 0.3 is 17.9 Å². The van der Waals surface area contributed by atoms with Crippen molar-refractivity contribution in [2.75, 3.05) is 102 Å². The van der Waals surface area contributed by atoms with Crippen LogP contribution in [0.5, 0.6) is 0 Å². The van der Waals surface area contributed by atoms with Crippen molar-refractivity contribution in [1.82, 2.24) is 0 Å². The second-order valence-electron chi connectivity index (χ2n) is 23.3. The maximum atomic E-state index is 12.4. The van der Waals surface area contributed by atoms with Gasteiger partial charge in [-0.1, -0.05) is 93.3 Å². The lowest BCUT2D eigenvalue weighted by Crippen LogP contribution is -2.33. The van der Waals surface area contributed by atoms with Crippen LogP contribution in [0.15, 0.2) is 118 Å². The van der Waals surface area contributed by atoms with E-state index in [1.54, 1.807) is 20.8 Å². The minimum atomic E-state index is -0.326. The van der Waals surface area contributed by atoms with Crippen LogP contribution in [-0.2, 0) is 65.4 Å². The first kappa shape index (κ1) is 75.5. The number of ether oxygens (including phenoxy) is 7. The van der Waals surface area contributed by atoms with Crippen LogP contribution in [0.3, 0.4) is 0 Å². The summed E-state index contributed by atoms with van der Waals surface area (Å²) in [5.41, 5.74) is 9.77. The molecule has 4 unspecified atom stereocenters. The Morgan fingerprint density at radius 1 is 0.577 bits per heavy atom. The Bertz CT molecular complexity index is 3770. The molecule has 1 N–H and O–H groups in total. The molecule has 0 spiro atoms. The second kappa shape index (κ2) is 40.6. The standard InChI is InChI=1S/C40H49N5O7S.C25H25N5O2S.C8H10O3/c1-29-26-33(14-15-36(29)43-44-39-38(42-4)30(2)37(27-41)53-39)45(28-32-10-6-5-7-11-32)16-17-48-18-19-49-20-21-50-22-23-51-24-25-52-40(47)35-13-9-8-12-34(35)31(3)46;1-18-16-21(30(12-14-32-15-13-31)17-20-8-6-5-7-9-20)10-11-22(18)28-29-25-23(26-3)19(2)24(27-4)33-25;9-7-5-3-1-2-4-6(5)8(10)11-7/h5-7,10-11,14-15,26,34-35H,8-9,12-13,16-25,28H2,1-3H3;5-11,16,31H,12-15,17H2,1-2H3;5-6H,1-4H2.